The second-order valence-electron chi connectivity index (χ2n) is 4.52. The van der Waals surface area contributed by atoms with Crippen LogP contribution in [0.15, 0.2) is 18.2 Å². The van der Waals surface area contributed by atoms with E-state index in [1.54, 1.807) is 0 Å². The standard InChI is InChI=1S/C13H16ClNO3/c1-7(2)8(3)12(16)15-9-4-5-10(13(17)18)11(14)6-9/h4-8H,1-3H3,(H,15,16)(H,17,18). The molecule has 1 amide bonds. The number of carbonyl (C=O) groups excluding carboxylic acids is 1. The van der Waals surface area contributed by atoms with Crippen molar-refractivity contribution in [2.75, 3.05) is 5.32 Å². The van der Waals surface area contributed by atoms with E-state index in [1.807, 2.05) is 20.8 Å². The molecular weight excluding hydrogens is 254 g/mol. The molecule has 0 saturated carbocycles. The van der Waals surface area contributed by atoms with E-state index in [4.69, 9.17) is 16.7 Å². The van der Waals surface area contributed by atoms with Gasteiger partial charge >= 0.3 is 5.97 Å². The first-order chi connectivity index (χ1) is 8.32. The summed E-state index contributed by atoms with van der Waals surface area (Å²) in [6, 6.07) is 4.34. The van der Waals surface area contributed by atoms with Crippen molar-refractivity contribution < 1.29 is 14.7 Å². The Morgan fingerprint density at radius 1 is 1.28 bits per heavy atom. The number of carboxylic acid groups (broad SMARTS) is 1. The number of aromatic carboxylic acids is 1. The zero-order valence-electron chi connectivity index (χ0n) is 10.5. The van der Waals surface area contributed by atoms with E-state index >= 15 is 0 Å². The average Bonchev–Trinajstić information content (AvgIpc) is 2.27. The fourth-order valence-corrected chi connectivity index (χ4v) is 1.59. The highest BCUT2D eigenvalue weighted by molar-refractivity contribution is 6.33. The number of anilines is 1. The van der Waals surface area contributed by atoms with Crippen molar-refractivity contribution in [3.63, 3.8) is 0 Å². The summed E-state index contributed by atoms with van der Waals surface area (Å²) in [5.41, 5.74) is 0.522. The summed E-state index contributed by atoms with van der Waals surface area (Å²) in [5.74, 6) is -1.08. The average molecular weight is 270 g/mol. The molecule has 4 nitrogen and oxygen atoms in total. The Morgan fingerprint density at radius 2 is 1.89 bits per heavy atom. The molecule has 0 aliphatic rings. The van der Waals surface area contributed by atoms with E-state index < -0.39 is 5.97 Å². The predicted molar refractivity (Wildman–Crippen MR) is 71.0 cm³/mol. The topological polar surface area (TPSA) is 66.4 Å². The predicted octanol–water partition coefficient (Wildman–Crippen LogP) is 3.27. The minimum Gasteiger partial charge on any atom is -0.478 e. The van der Waals surface area contributed by atoms with Crippen LogP contribution >= 0.6 is 11.6 Å². The van der Waals surface area contributed by atoms with Crippen LogP contribution < -0.4 is 5.32 Å². The Hall–Kier alpha value is -1.55. The van der Waals surface area contributed by atoms with Crippen molar-refractivity contribution in [1.29, 1.82) is 0 Å². The maximum Gasteiger partial charge on any atom is 0.337 e. The van der Waals surface area contributed by atoms with Gasteiger partial charge in [0.05, 0.1) is 10.6 Å². The second-order valence-corrected chi connectivity index (χ2v) is 4.93. The minimum atomic E-state index is -1.09. The number of carboxylic acids is 1. The highest BCUT2D eigenvalue weighted by atomic mass is 35.5. The van der Waals surface area contributed by atoms with Crippen LogP contribution in [-0.4, -0.2) is 17.0 Å². The van der Waals surface area contributed by atoms with Crippen LogP contribution in [0.4, 0.5) is 5.69 Å². The van der Waals surface area contributed by atoms with Gasteiger partial charge in [0.2, 0.25) is 5.91 Å². The van der Waals surface area contributed by atoms with E-state index in [9.17, 15) is 9.59 Å². The number of nitrogens with one attached hydrogen (secondary N) is 1. The van der Waals surface area contributed by atoms with Crippen LogP contribution in [0.2, 0.25) is 5.02 Å². The van der Waals surface area contributed by atoms with Gasteiger partial charge in [-0.1, -0.05) is 32.4 Å². The van der Waals surface area contributed by atoms with Gasteiger partial charge in [-0.25, -0.2) is 4.79 Å². The van der Waals surface area contributed by atoms with Crippen molar-refractivity contribution in [3.8, 4) is 0 Å². The van der Waals surface area contributed by atoms with E-state index in [2.05, 4.69) is 5.32 Å². The van der Waals surface area contributed by atoms with Crippen LogP contribution in [0.1, 0.15) is 31.1 Å². The fraction of sp³-hybridized carbons (Fsp3) is 0.385. The SMILES string of the molecule is CC(C)C(C)C(=O)Nc1ccc(C(=O)O)c(Cl)c1. The van der Waals surface area contributed by atoms with E-state index in [1.165, 1.54) is 18.2 Å². The molecule has 1 aromatic carbocycles. The highest BCUT2D eigenvalue weighted by Gasteiger charge is 2.17. The number of benzene rings is 1. The van der Waals surface area contributed by atoms with Crippen molar-refractivity contribution in [2.45, 2.75) is 20.8 Å². The number of amides is 1. The third kappa shape index (κ3) is 3.47. The molecule has 0 radical (unpaired) electrons. The molecule has 0 bridgehead atoms. The molecule has 0 heterocycles. The number of carbonyl (C=O) groups is 2. The lowest BCUT2D eigenvalue weighted by molar-refractivity contribution is -0.120. The van der Waals surface area contributed by atoms with Crippen molar-refractivity contribution in [3.05, 3.63) is 28.8 Å². The molecule has 5 heteroatoms. The first-order valence-electron chi connectivity index (χ1n) is 5.66. The van der Waals surface area contributed by atoms with Gasteiger partial charge in [0.25, 0.3) is 0 Å². The molecule has 0 saturated heterocycles. The van der Waals surface area contributed by atoms with Crippen LogP contribution in [0.25, 0.3) is 0 Å². The summed E-state index contributed by atoms with van der Waals surface area (Å²) >= 11 is 5.82. The van der Waals surface area contributed by atoms with Gasteiger partial charge in [-0.05, 0) is 24.1 Å². The molecule has 0 fully saturated rings. The van der Waals surface area contributed by atoms with Gasteiger partial charge < -0.3 is 10.4 Å². The number of rotatable bonds is 4. The molecule has 1 rings (SSSR count). The third-order valence-electron chi connectivity index (χ3n) is 2.88. The molecular formula is C13H16ClNO3. The summed E-state index contributed by atoms with van der Waals surface area (Å²) in [5, 5.41) is 11.7. The van der Waals surface area contributed by atoms with Crippen molar-refractivity contribution >= 4 is 29.2 Å². The molecule has 0 aliphatic carbocycles. The first-order valence-corrected chi connectivity index (χ1v) is 6.04. The molecule has 0 aromatic heterocycles. The Morgan fingerprint density at radius 3 is 2.33 bits per heavy atom. The van der Waals surface area contributed by atoms with Crippen LogP contribution in [-0.2, 0) is 4.79 Å². The van der Waals surface area contributed by atoms with Gasteiger partial charge in [0.1, 0.15) is 0 Å². The molecule has 1 unspecified atom stereocenters. The number of hydrogen-bond acceptors (Lipinski definition) is 2. The molecule has 98 valence electrons. The third-order valence-corrected chi connectivity index (χ3v) is 3.19. The normalized spacial score (nSPS) is 12.3. The van der Waals surface area contributed by atoms with Crippen molar-refractivity contribution in [1.82, 2.24) is 0 Å². The van der Waals surface area contributed by atoms with Crippen LogP contribution in [0.5, 0.6) is 0 Å². The highest BCUT2D eigenvalue weighted by Crippen LogP contribution is 2.22. The zero-order chi connectivity index (χ0) is 13.9. The van der Waals surface area contributed by atoms with Gasteiger partial charge in [-0.3, -0.25) is 4.79 Å². The Bertz CT molecular complexity index is 471. The Kier molecular flexibility index (Phi) is 4.73. The largest absolute Gasteiger partial charge is 0.478 e. The second kappa shape index (κ2) is 5.87. The molecule has 0 spiro atoms. The molecule has 1 aromatic rings. The molecule has 18 heavy (non-hydrogen) atoms. The minimum absolute atomic E-state index is 0.0200. The van der Waals surface area contributed by atoms with E-state index in [0.29, 0.717) is 5.69 Å². The summed E-state index contributed by atoms with van der Waals surface area (Å²) in [7, 11) is 0. The van der Waals surface area contributed by atoms with Crippen LogP contribution in [0.3, 0.4) is 0 Å². The lowest BCUT2D eigenvalue weighted by Crippen LogP contribution is -2.24. The monoisotopic (exact) mass is 269 g/mol. The summed E-state index contributed by atoms with van der Waals surface area (Å²) < 4.78 is 0. The van der Waals surface area contributed by atoms with Crippen LogP contribution in [0, 0.1) is 11.8 Å². The summed E-state index contributed by atoms with van der Waals surface area (Å²) in [6.45, 7) is 5.77. The van der Waals surface area contributed by atoms with E-state index in [-0.39, 0.29) is 28.3 Å². The smallest absolute Gasteiger partial charge is 0.337 e. The fourth-order valence-electron chi connectivity index (χ4n) is 1.33. The number of halogens is 1. The summed E-state index contributed by atoms with van der Waals surface area (Å²) in [6.07, 6.45) is 0. The maximum absolute atomic E-state index is 11.8. The molecule has 1 atom stereocenters. The Balaban J connectivity index is 2.84. The molecule has 0 aliphatic heterocycles. The molecule has 2 N–H and O–H groups in total. The first kappa shape index (κ1) is 14.5. The Labute approximate surface area is 111 Å². The van der Waals surface area contributed by atoms with Gasteiger partial charge in [0.15, 0.2) is 0 Å². The van der Waals surface area contributed by atoms with Gasteiger partial charge in [-0.2, -0.15) is 0 Å². The quantitative estimate of drug-likeness (QED) is 0.882. The lowest BCUT2D eigenvalue weighted by atomic mass is 9.97. The van der Waals surface area contributed by atoms with Crippen molar-refractivity contribution in [2.24, 2.45) is 11.8 Å². The maximum atomic E-state index is 11.8. The van der Waals surface area contributed by atoms with Gasteiger partial charge in [0, 0.05) is 11.6 Å². The zero-order valence-corrected chi connectivity index (χ0v) is 11.3. The van der Waals surface area contributed by atoms with Gasteiger partial charge in [-0.15, -0.1) is 0 Å². The lowest BCUT2D eigenvalue weighted by Gasteiger charge is -2.15. The van der Waals surface area contributed by atoms with E-state index in [0.717, 1.165) is 0 Å². The number of hydrogen-bond donors (Lipinski definition) is 2. The summed E-state index contributed by atoms with van der Waals surface area (Å²) in [4.78, 5) is 22.6.